The number of H-pyrrole nitrogens is 1. The molecule has 0 aromatic carbocycles. The zero-order valence-electron chi connectivity index (χ0n) is 10.6. The van der Waals surface area contributed by atoms with Crippen LogP contribution in [0.1, 0.15) is 19.2 Å². The van der Waals surface area contributed by atoms with Crippen LogP contribution in [0.25, 0.3) is 0 Å². The quantitative estimate of drug-likeness (QED) is 0.718. The SMILES string of the molecule is COCCCc1nc(N2CCN[C@H](C)C2)n[nH]1. The van der Waals surface area contributed by atoms with Crippen molar-refractivity contribution in [1.29, 1.82) is 0 Å². The number of hydrogen-bond donors (Lipinski definition) is 2. The van der Waals surface area contributed by atoms with Crippen molar-refractivity contribution in [2.45, 2.75) is 25.8 Å². The molecule has 0 saturated carbocycles. The zero-order chi connectivity index (χ0) is 12.1. The van der Waals surface area contributed by atoms with E-state index >= 15 is 0 Å². The lowest BCUT2D eigenvalue weighted by Gasteiger charge is -2.30. The van der Waals surface area contributed by atoms with Crippen LogP contribution in [0.2, 0.25) is 0 Å². The van der Waals surface area contributed by atoms with Gasteiger partial charge >= 0.3 is 0 Å². The molecule has 0 bridgehead atoms. The van der Waals surface area contributed by atoms with E-state index in [1.807, 2.05) is 0 Å². The van der Waals surface area contributed by atoms with Crippen LogP contribution < -0.4 is 10.2 Å². The first-order valence-electron chi connectivity index (χ1n) is 6.18. The number of methoxy groups -OCH3 is 1. The molecule has 2 rings (SSSR count). The van der Waals surface area contributed by atoms with Gasteiger partial charge in [-0.3, -0.25) is 5.10 Å². The van der Waals surface area contributed by atoms with Crippen molar-refractivity contribution in [3.05, 3.63) is 5.82 Å². The molecule has 0 spiro atoms. The fourth-order valence-corrected chi connectivity index (χ4v) is 2.04. The first-order valence-corrected chi connectivity index (χ1v) is 6.18. The van der Waals surface area contributed by atoms with Gasteiger partial charge in [0, 0.05) is 45.8 Å². The highest BCUT2D eigenvalue weighted by Crippen LogP contribution is 2.10. The van der Waals surface area contributed by atoms with E-state index in [4.69, 9.17) is 4.74 Å². The average molecular weight is 239 g/mol. The highest BCUT2D eigenvalue weighted by atomic mass is 16.5. The summed E-state index contributed by atoms with van der Waals surface area (Å²) in [6, 6.07) is 0.499. The number of rotatable bonds is 5. The Labute approximate surface area is 102 Å². The summed E-state index contributed by atoms with van der Waals surface area (Å²) in [5.41, 5.74) is 0. The Morgan fingerprint density at radius 3 is 3.18 bits per heavy atom. The molecule has 0 aliphatic carbocycles. The minimum atomic E-state index is 0.499. The molecular formula is C11H21N5O. The average Bonchev–Trinajstić information content (AvgIpc) is 2.78. The molecule has 1 aromatic heterocycles. The van der Waals surface area contributed by atoms with Crippen molar-refractivity contribution < 1.29 is 4.74 Å². The predicted molar refractivity (Wildman–Crippen MR) is 66.3 cm³/mol. The summed E-state index contributed by atoms with van der Waals surface area (Å²) in [5.74, 6) is 1.77. The Balaban J connectivity index is 1.88. The number of aryl methyl sites for hydroxylation is 1. The lowest BCUT2D eigenvalue weighted by molar-refractivity contribution is 0.194. The molecule has 17 heavy (non-hydrogen) atoms. The predicted octanol–water partition coefficient (Wildman–Crippen LogP) is 0.182. The third-order valence-electron chi connectivity index (χ3n) is 2.93. The minimum Gasteiger partial charge on any atom is -0.385 e. The van der Waals surface area contributed by atoms with Gasteiger partial charge < -0.3 is 15.0 Å². The summed E-state index contributed by atoms with van der Waals surface area (Å²) in [7, 11) is 1.72. The second-order valence-electron chi connectivity index (χ2n) is 4.48. The van der Waals surface area contributed by atoms with E-state index in [1.165, 1.54) is 0 Å². The third-order valence-corrected chi connectivity index (χ3v) is 2.93. The largest absolute Gasteiger partial charge is 0.385 e. The number of anilines is 1. The van der Waals surface area contributed by atoms with E-state index in [9.17, 15) is 0 Å². The highest BCUT2D eigenvalue weighted by Gasteiger charge is 2.18. The Morgan fingerprint density at radius 2 is 2.41 bits per heavy atom. The molecule has 6 nitrogen and oxygen atoms in total. The molecule has 1 atom stereocenters. The number of hydrogen-bond acceptors (Lipinski definition) is 5. The molecular weight excluding hydrogens is 218 g/mol. The van der Waals surface area contributed by atoms with E-state index in [1.54, 1.807) is 7.11 Å². The number of ether oxygens (including phenoxy) is 1. The zero-order valence-corrected chi connectivity index (χ0v) is 10.6. The highest BCUT2D eigenvalue weighted by molar-refractivity contribution is 5.30. The van der Waals surface area contributed by atoms with Crippen LogP contribution >= 0.6 is 0 Å². The number of nitrogens with one attached hydrogen (secondary N) is 2. The van der Waals surface area contributed by atoms with Gasteiger partial charge in [-0.1, -0.05) is 0 Å². The molecule has 0 unspecified atom stereocenters. The number of aromatic nitrogens is 3. The maximum Gasteiger partial charge on any atom is 0.244 e. The van der Waals surface area contributed by atoms with Gasteiger partial charge in [0.1, 0.15) is 5.82 Å². The van der Waals surface area contributed by atoms with Crippen LogP contribution in [-0.4, -0.2) is 54.6 Å². The molecule has 1 aromatic rings. The molecule has 0 amide bonds. The Kier molecular flexibility index (Phi) is 4.33. The first-order chi connectivity index (χ1) is 8.29. The van der Waals surface area contributed by atoms with Crippen LogP contribution in [0.15, 0.2) is 0 Å². The van der Waals surface area contributed by atoms with Crippen LogP contribution in [0.3, 0.4) is 0 Å². The smallest absolute Gasteiger partial charge is 0.244 e. The van der Waals surface area contributed by atoms with E-state index < -0.39 is 0 Å². The van der Waals surface area contributed by atoms with Crippen LogP contribution in [-0.2, 0) is 11.2 Å². The standard InChI is InChI=1S/C11H21N5O/c1-9-8-16(6-5-12-9)11-13-10(14-15-11)4-3-7-17-2/h9,12H,3-8H2,1-2H3,(H,13,14,15)/t9-/m1/s1. The fraction of sp³-hybridized carbons (Fsp3) is 0.818. The molecule has 2 heterocycles. The lowest BCUT2D eigenvalue weighted by Crippen LogP contribution is -2.49. The molecule has 2 N–H and O–H groups in total. The van der Waals surface area contributed by atoms with E-state index in [-0.39, 0.29) is 0 Å². The van der Waals surface area contributed by atoms with Gasteiger partial charge in [-0.2, -0.15) is 4.98 Å². The van der Waals surface area contributed by atoms with Gasteiger partial charge in [-0.05, 0) is 13.3 Å². The summed E-state index contributed by atoms with van der Waals surface area (Å²) in [6.45, 7) is 5.88. The van der Waals surface area contributed by atoms with Gasteiger partial charge in [0.05, 0.1) is 0 Å². The van der Waals surface area contributed by atoms with Crippen LogP contribution in [0, 0.1) is 0 Å². The van der Waals surface area contributed by atoms with E-state index in [2.05, 4.69) is 32.3 Å². The summed E-state index contributed by atoms with van der Waals surface area (Å²) >= 11 is 0. The summed E-state index contributed by atoms with van der Waals surface area (Å²) < 4.78 is 5.02. The Hall–Kier alpha value is -1.14. The second kappa shape index (κ2) is 5.97. The number of nitrogens with zero attached hydrogens (tertiary/aromatic N) is 3. The molecule has 1 aliphatic heterocycles. The third kappa shape index (κ3) is 3.41. The topological polar surface area (TPSA) is 66.1 Å². The van der Waals surface area contributed by atoms with E-state index in [0.717, 1.165) is 50.9 Å². The molecule has 6 heteroatoms. The molecule has 0 radical (unpaired) electrons. The van der Waals surface area contributed by atoms with Crippen LogP contribution in [0.5, 0.6) is 0 Å². The fourth-order valence-electron chi connectivity index (χ4n) is 2.04. The van der Waals surface area contributed by atoms with Crippen molar-refractivity contribution in [2.24, 2.45) is 0 Å². The van der Waals surface area contributed by atoms with E-state index in [0.29, 0.717) is 6.04 Å². The lowest BCUT2D eigenvalue weighted by atomic mass is 10.2. The summed E-state index contributed by atoms with van der Waals surface area (Å²) in [4.78, 5) is 6.74. The normalized spacial score (nSPS) is 20.8. The van der Waals surface area contributed by atoms with Crippen LogP contribution in [0.4, 0.5) is 5.95 Å². The van der Waals surface area contributed by atoms with Crippen molar-refractivity contribution in [2.75, 3.05) is 38.3 Å². The molecule has 1 saturated heterocycles. The Morgan fingerprint density at radius 1 is 1.53 bits per heavy atom. The summed E-state index contributed by atoms with van der Waals surface area (Å²) in [6.07, 6.45) is 1.87. The van der Waals surface area contributed by atoms with Gasteiger partial charge in [-0.25, -0.2) is 0 Å². The number of aromatic amines is 1. The van der Waals surface area contributed by atoms with Gasteiger partial charge in [0.25, 0.3) is 0 Å². The van der Waals surface area contributed by atoms with Crippen molar-refractivity contribution in [1.82, 2.24) is 20.5 Å². The Bertz CT molecular complexity index is 340. The number of piperazine rings is 1. The maximum absolute atomic E-state index is 5.02. The molecule has 96 valence electrons. The summed E-state index contributed by atoms with van der Waals surface area (Å²) in [5, 5.41) is 10.7. The van der Waals surface area contributed by atoms with Gasteiger partial charge in [0.2, 0.25) is 5.95 Å². The molecule has 1 aliphatic rings. The van der Waals surface area contributed by atoms with Gasteiger partial charge in [-0.15, -0.1) is 5.10 Å². The molecule has 1 fully saturated rings. The van der Waals surface area contributed by atoms with Gasteiger partial charge in [0.15, 0.2) is 0 Å². The monoisotopic (exact) mass is 239 g/mol. The first kappa shape index (κ1) is 12.3. The van der Waals surface area contributed by atoms with Crippen molar-refractivity contribution in [3.63, 3.8) is 0 Å². The van der Waals surface area contributed by atoms with Crippen molar-refractivity contribution >= 4 is 5.95 Å². The minimum absolute atomic E-state index is 0.499. The maximum atomic E-state index is 5.02. The second-order valence-corrected chi connectivity index (χ2v) is 4.48. The van der Waals surface area contributed by atoms with Crippen molar-refractivity contribution in [3.8, 4) is 0 Å².